The maximum atomic E-state index is 12.4. The van der Waals surface area contributed by atoms with Gasteiger partial charge < -0.3 is 9.72 Å². The lowest BCUT2D eigenvalue weighted by atomic mass is 10.2. The monoisotopic (exact) mass is 277 g/mol. The summed E-state index contributed by atoms with van der Waals surface area (Å²) in [5, 5.41) is 4.73. The van der Waals surface area contributed by atoms with E-state index in [4.69, 9.17) is 4.74 Å². The molecular weight excluding hydrogens is 258 g/mol. The molecule has 1 N–H and O–H groups in total. The third-order valence-corrected chi connectivity index (χ3v) is 3.20. The molecule has 0 amide bonds. The van der Waals surface area contributed by atoms with Crippen molar-refractivity contribution in [3.05, 3.63) is 27.7 Å². The molecule has 20 heavy (non-hydrogen) atoms. The van der Waals surface area contributed by atoms with Gasteiger partial charge in [0.1, 0.15) is 11.2 Å². The van der Waals surface area contributed by atoms with Crippen LogP contribution in [0.2, 0.25) is 0 Å². The molecule has 2 aromatic rings. The fourth-order valence-electron chi connectivity index (χ4n) is 2.11. The summed E-state index contributed by atoms with van der Waals surface area (Å²) in [7, 11) is 0. The van der Waals surface area contributed by atoms with Crippen LogP contribution < -0.4 is 5.43 Å². The largest absolute Gasteiger partial charge is 0.462 e. The summed E-state index contributed by atoms with van der Waals surface area (Å²) < 4.78 is 6.79. The molecule has 0 aliphatic rings. The Morgan fingerprint density at radius 3 is 2.85 bits per heavy atom. The van der Waals surface area contributed by atoms with Gasteiger partial charge in [-0.3, -0.25) is 4.79 Å². The van der Waals surface area contributed by atoms with E-state index in [9.17, 15) is 9.59 Å². The highest BCUT2D eigenvalue weighted by molar-refractivity contribution is 5.93. The van der Waals surface area contributed by atoms with Crippen LogP contribution in [0.25, 0.3) is 11.0 Å². The zero-order valence-electron chi connectivity index (χ0n) is 12.0. The molecule has 6 nitrogen and oxygen atoms in total. The standard InChI is InChI=1S/C14H19N3O3/c1-4-6-7-20-14(19)10-8-15-13-11(12(10)18)9(3)16-17(13)5-2/h8H,4-7H2,1-3H3,(H,15,18). The maximum absolute atomic E-state index is 12.4. The number of carbonyl (C=O) groups is 1. The number of nitrogens with one attached hydrogen (secondary N) is 1. The third kappa shape index (κ3) is 2.45. The van der Waals surface area contributed by atoms with Gasteiger partial charge in [0.15, 0.2) is 0 Å². The molecule has 6 heteroatoms. The lowest BCUT2D eigenvalue weighted by Gasteiger charge is -2.04. The fraction of sp³-hybridized carbons (Fsp3) is 0.500. The van der Waals surface area contributed by atoms with Crippen molar-refractivity contribution in [3.8, 4) is 0 Å². The number of ether oxygens (including phenoxy) is 1. The minimum atomic E-state index is -0.578. The number of aryl methyl sites for hydroxylation is 2. The molecule has 0 radical (unpaired) electrons. The summed E-state index contributed by atoms with van der Waals surface area (Å²) in [6, 6.07) is 0. The number of pyridine rings is 1. The van der Waals surface area contributed by atoms with Crippen molar-refractivity contribution in [1.29, 1.82) is 0 Å². The van der Waals surface area contributed by atoms with Gasteiger partial charge in [-0.15, -0.1) is 0 Å². The molecule has 0 saturated heterocycles. The molecule has 0 spiro atoms. The van der Waals surface area contributed by atoms with Gasteiger partial charge in [0, 0.05) is 12.7 Å². The number of rotatable bonds is 5. The number of hydrogen-bond acceptors (Lipinski definition) is 4. The molecule has 0 aliphatic carbocycles. The van der Waals surface area contributed by atoms with Crippen molar-refractivity contribution in [3.63, 3.8) is 0 Å². The Bertz CT molecular complexity index is 685. The first kappa shape index (κ1) is 14.3. The normalized spacial score (nSPS) is 10.9. The van der Waals surface area contributed by atoms with E-state index in [1.54, 1.807) is 11.6 Å². The Kier molecular flexibility index (Phi) is 4.22. The van der Waals surface area contributed by atoms with Crippen molar-refractivity contribution >= 4 is 17.0 Å². The number of H-pyrrole nitrogens is 1. The first-order valence-corrected chi connectivity index (χ1v) is 6.86. The molecule has 0 unspecified atom stereocenters. The summed E-state index contributed by atoms with van der Waals surface area (Å²) >= 11 is 0. The van der Waals surface area contributed by atoms with Crippen LogP contribution in [0.15, 0.2) is 11.0 Å². The lowest BCUT2D eigenvalue weighted by molar-refractivity contribution is 0.0498. The van der Waals surface area contributed by atoms with Gasteiger partial charge in [0.25, 0.3) is 0 Å². The molecule has 0 aliphatic heterocycles. The first-order valence-electron chi connectivity index (χ1n) is 6.86. The molecule has 2 aromatic heterocycles. The molecule has 0 fully saturated rings. The second kappa shape index (κ2) is 5.90. The number of fused-ring (bicyclic) bond motifs is 1. The van der Waals surface area contributed by atoms with Crippen LogP contribution in [-0.2, 0) is 11.3 Å². The van der Waals surface area contributed by atoms with Gasteiger partial charge in [0.05, 0.1) is 17.7 Å². The highest BCUT2D eigenvalue weighted by atomic mass is 16.5. The van der Waals surface area contributed by atoms with Crippen molar-refractivity contribution in [2.45, 2.75) is 40.2 Å². The highest BCUT2D eigenvalue weighted by Crippen LogP contribution is 2.13. The zero-order valence-corrected chi connectivity index (χ0v) is 12.0. The third-order valence-electron chi connectivity index (χ3n) is 3.20. The molecule has 0 atom stereocenters. The predicted octanol–water partition coefficient (Wildman–Crippen LogP) is 2.01. The van der Waals surface area contributed by atoms with Gasteiger partial charge in [0.2, 0.25) is 5.43 Å². The number of hydrogen-bond donors (Lipinski definition) is 1. The first-order chi connectivity index (χ1) is 9.60. The predicted molar refractivity (Wildman–Crippen MR) is 76.0 cm³/mol. The van der Waals surface area contributed by atoms with Crippen molar-refractivity contribution in [2.75, 3.05) is 6.61 Å². The van der Waals surface area contributed by atoms with Crippen molar-refractivity contribution in [2.24, 2.45) is 0 Å². The molecule has 0 bridgehead atoms. The fourth-order valence-corrected chi connectivity index (χ4v) is 2.11. The van der Waals surface area contributed by atoms with Crippen molar-refractivity contribution in [1.82, 2.24) is 14.8 Å². The lowest BCUT2D eigenvalue weighted by Crippen LogP contribution is -2.19. The van der Waals surface area contributed by atoms with E-state index >= 15 is 0 Å². The second-order valence-corrected chi connectivity index (χ2v) is 4.65. The topological polar surface area (TPSA) is 77.0 Å². The van der Waals surface area contributed by atoms with Crippen LogP contribution in [0.1, 0.15) is 42.7 Å². The van der Waals surface area contributed by atoms with E-state index in [1.165, 1.54) is 6.20 Å². The minimum absolute atomic E-state index is 0.0346. The van der Waals surface area contributed by atoms with Crippen LogP contribution in [0.4, 0.5) is 0 Å². The average Bonchev–Trinajstić information content (AvgIpc) is 2.76. The Labute approximate surface area is 116 Å². The van der Waals surface area contributed by atoms with Crippen molar-refractivity contribution < 1.29 is 9.53 Å². The molecular formula is C14H19N3O3. The molecule has 108 valence electrons. The Hall–Kier alpha value is -2.11. The molecule has 2 rings (SSSR count). The smallest absolute Gasteiger partial charge is 0.343 e. The number of esters is 1. The number of aromatic amines is 1. The SMILES string of the molecule is CCCCOC(=O)c1c[nH]c2c(c(C)nn2CC)c1=O. The van der Waals surface area contributed by atoms with E-state index in [0.29, 0.717) is 29.9 Å². The molecule has 0 saturated carbocycles. The quantitative estimate of drug-likeness (QED) is 0.670. The number of aromatic nitrogens is 3. The Balaban J connectivity index is 2.42. The van der Waals surface area contributed by atoms with Gasteiger partial charge in [-0.05, 0) is 20.3 Å². The van der Waals surface area contributed by atoms with E-state index < -0.39 is 5.97 Å². The number of carbonyl (C=O) groups excluding carboxylic acids is 1. The van der Waals surface area contributed by atoms with Gasteiger partial charge in [-0.2, -0.15) is 5.10 Å². The maximum Gasteiger partial charge on any atom is 0.343 e. The van der Waals surface area contributed by atoms with Gasteiger partial charge >= 0.3 is 5.97 Å². The van der Waals surface area contributed by atoms with Crippen LogP contribution >= 0.6 is 0 Å². The van der Waals surface area contributed by atoms with E-state index in [1.807, 2.05) is 13.8 Å². The summed E-state index contributed by atoms with van der Waals surface area (Å²) in [6.45, 7) is 6.70. The average molecular weight is 277 g/mol. The Morgan fingerprint density at radius 2 is 2.20 bits per heavy atom. The van der Waals surface area contributed by atoms with Crippen LogP contribution in [0, 0.1) is 6.92 Å². The minimum Gasteiger partial charge on any atom is -0.462 e. The van der Waals surface area contributed by atoms with Crippen LogP contribution in [0.5, 0.6) is 0 Å². The summed E-state index contributed by atoms with van der Waals surface area (Å²) in [5.41, 5.74) is 0.969. The number of nitrogens with zero attached hydrogens (tertiary/aromatic N) is 2. The van der Waals surface area contributed by atoms with E-state index in [-0.39, 0.29) is 11.0 Å². The summed E-state index contributed by atoms with van der Waals surface area (Å²) in [5.74, 6) is -0.578. The second-order valence-electron chi connectivity index (χ2n) is 4.65. The molecule has 0 aromatic carbocycles. The highest BCUT2D eigenvalue weighted by Gasteiger charge is 2.18. The van der Waals surface area contributed by atoms with Crippen LogP contribution in [-0.4, -0.2) is 27.3 Å². The van der Waals surface area contributed by atoms with Crippen LogP contribution in [0.3, 0.4) is 0 Å². The zero-order chi connectivity index (χ0) is 14.7. The number of unbranched alkanes of at least 4 members (excludes halogenated alkanes) is 1. The summed E-state index contributed by atoms with van der Waals surface area (Å²) in [6.07, 6.45) is 3.13. The summed E-state index contributed by atoms with van der Waals surface area (Å²) in [4.78, 5) is 27.3. The van der Waals surface area contributed by atoms with Gasteiger partial charge in [-0.25, -0.2) is 9.48 Å². The van der Waals surface area contributed by atoms with E-state index in [0.717, 1.165) is 12.8 Å². The van der Waals surface area contributed by atoms with Gasteiger partial charge in [-0.1, -0.05) is 13.3 Å². The Morgan fingerprint density at radius 1 is 1.45 bits per heavy atom. The molecule has 2 heterocycles. The van der Waals surface area contributed by atoms with E-state index in [2.05, 4.69) is 10.1 Å².